The fourth-order valence-electron chi connectivity index (χ4n) is 6.08. The third kappa shape index (κ3) is 2.80. The van der Waals surface area contributed by atoms with Crippen molar-refractivity contribution in [2.24, 2.45) is 5.92 Å². The van der Waals surface area contributed by atoms with Crippen molar-refractivity contribution in [2.45, 2.75) is 43.1 Å². The summed E-state index contributed by atoms with van der Waals surface area (Å²) in [6.07, 6.45) is 5.38. The molecule has 136 valence electrons. The summed E-state index contributed by atoms with van der Waals surface area (Å²) in [6.45, 7) is 4.88. The van der Waals surface area contributed by atoms with Crippen molar-refractivity contribution in [1.82, 2.24) is 10.2 Å². The number of hydrogen-bond donors (Lipinski definition) is 1. The van der Waals surface area contributed by atoms with E-state index < -0.39 is 0 Å². The minimum absolute atomic E-state index is 0.324. The number of likely N-dealkylation sites (tertiary alicyclic amines) is 1. The summed E-state index contributed by atoms with van der Waals surface area (Å²) in [5, 5.41) is 3.88. The average Bonchev–Trinajstić information content (AvgIpc) is 3.12. The van der Waals surface area contributed by atoms with Gasteiger partial charge in [-0.3, -0.25) is 4.90 Å². The van der Waals surface area contributed by atoms with Crippen molar-refractivity contribution in [3.8, 4) is 0 Å². The number of nitrogens with zero attached hydrogens (tertiary/aromatic N) is 1. The summed E-state index contributed by atoms with van der Waals surface area (Å²) in [5.41, 5.74) is 3.42. The van der Waals surface area contributed by atoms with Crippen LogP contribution >= 0.6 is 0 Å². The van der Waals surface area contributed by atoms with E-state index in [4.69, 9.17) is 0 Å². The number of rotatable bonds is 3. The van der Waals surface area contributed by atoms with E-state index in [2.05, 4.69) is 70.9 Å². The van der Waals surface area contributed by atoms with Crippen LogP contribution in [0.2, 0.25) is 0 Å². The summed E-state index contributed by atoms with van der Waals surface area (Å²) in [6, 6.07) is 22.7. The fourth-order valence-corrected chi connectivity index (χ4v) is 6.08. The molecule has 0 amide bonds. The molecular formula is C24H30N2. The molecule has 2 aromatic carbocycles. The van der Waals surface area contributed by atoms with Crippen LogP contribution in [-0.4, -0.2) is 36.6 Å². The van der Waals surface area contributed by atoms with Crippen molar-refractivity contribution in [3.05, 3.63) is 71.8 Å². The highest BCUT2D eigenvalue weighted by atomic mass is 15.2. The van der Waals surface area contributed by atoms with Crippen molar-refractivity contribution in [3.63, 3.8) is 0 Å². The Hall–Kier alpha value is -1.64. The van der Waals surface area contributed by atoms with Crippen LogP contribution < -0.4 is 5.32 Å². The first kappa shape index (κ1) is 16.5. The number of hydrogen-bond acceptors (Lipinski definition) is 2. The molecule has 6 rings (SSSR count). The summed E-state index contributed by atoms with van der Waals surface area (Å²) in [7, 11) is 0. The van der Waals surface area contributed by atoms with Crippen LogP contribution in [0.25, 0.3) is 0 Å². The standard InChI is InChI=1S/C24H30N2/c1-3-9-19(10-4-1)21-15-24(26-13-7-8-14-26)16-22(23(21)17-25-18-24)20-11-5-2-6-12-20/h1-6,9-12,21-23,25H,7-8,13-18H2/t21-,22+,23?,24?. The maximum Gasteiger partial charge on any atom is 0.0345 e. The highest BCUT2D eigenvalue weighted by Gasteiger charge is 2.51. The minimum Gasteiger partial charge on any atom is -0.315 e. The van der Waals surface area contributed by atoms with Gasteiger partial charge in [-0.2, -0.15) is 0 Å². The summed E-state index contributed by atoms with van der Waals surface area (Å²) in [4.78, 5) is 2.84. The second-order valence-corrected chi connectivity index (χ2v) is 8.66. The number of nitrogens with one attached hydrogen (secondary N) is 1. The van der Waals surface area contributed by atoms with Gasteiger partial charge in [-0.15, -0.1) is 0 Å². The van der Waals surface area contributed by atoms with Crippen LogP contribution in [0.5, 0.6) is 0 Å². The van der Waals surface area contributed by atoms with E-state index in [1.807, 2.05) is 0 Å². The van der Waals surface area contributed by atoms with Gasteiger partial charge in [0.25, 0.3) is 0 Å². The van der Waals surface area contributed by atoms with Crippen LogP contribution in [0, 0.1) is 5.92 Å². The molecule has 1 saturated carbocycles. The van der Waals surface area contributed by atoms with E-state index >= 15 is 0 Å². The molecule has 2 bridgehead atoms. The lowest BCUT2D eigenvalue weighted by Crippen LogP contribution is -2.55. The molecular weight excluding hydrogens is 316 g/mol. The smallest absolute Gasteiger partial charge is 0.0345 e. The predicted octanol–water partition coefficient (Wildman–Crippen LogP) is 4.40. The van der Waals surface area contributed by atoms with Gasteiger partial charge in [0.1, 0.15) is 0 Å². The minimum atomic E-state index is 0.324. The maximum absolute atomic E-state index is 3.88. The van der Waals surface area contributed by atoms with Gasteiger partial charge in [0.15, 0.2) is 0 Å². The topological polar surface area (TPSA) is 15.3 Å². The molecule has 4 fully saturated rings. The molecule has 2 heteroatoms. The van der Waals surface area contributed by atoms with Crippen LogP contribution in [-0.2, 0) is 0 Å². The van der Waals surface area contributed by atoms with Gasteiger partial charge in [-0.1, -0.05) is 60.7 Å². The Labute approximate surface area is 157 Å². The maximum atomic E-state index is 3.88. The van der Waals surface area contributed by atoms with Crippen LogP contribution in [0.1, 0.15) is 48.6 Å². The molecule has 1 aliphatic carbocycles. The Bertz CT molecular complexity index is 671. The van der Waals surface area contributed by atoms with Crippen molar-refractivity contribution in [2.75, 3.05) is 26.2 Å². The molecule has 3 heterocycles. The Morgan fingerprint density at radius 3 is 1.85 bits per heavy atom. The van der Waals surface area contributed by atoms with E-state index in [-0.39, 0.29) is 0 Å². The van der Waals surface area contributed by atoms with Crippen molar-refractivity contribution < 1.29 is 0 Å². The molecule has 0 radical (unpaired) electrons. The largest absolute Gasteiger partial charge is 0.315 e. The Morgan fingerprint density at radius 1 is 0.769 bits per heavy atom. The SMILES string of the molecule is c1ccc([C@H]2CC3(N4CCCC4)CNCC2[C@H](c2ccccc2)C3)cc1. The number of benzene rings is 2. The zero-order valence-corrected chi connectivity index (χ0v) is 15.6. The van der Waals surface area contributed by atoms with Crippen LogP contribution in [0.4, 0.5) is 0 Å². The average molecular weight is 347 g/mol. The highest BCUT2D eigenvalue weighted by Crippen LogP contribution is 2.53. The molecule has 4 aliphatic rings. The summed E-state index contributed by atoms with van der Waals surface area (Å²) in [5.74, 6) is 2.01. The zero-order chi connectivity index (χ0) is 17.4. The van der Waals surface area contributed by atoms with E-state index in [1.54, 1.807) is 11.1 Å². The van der Waals surface area contributed by atoms with Gasteiger partial charge < -0.3 is 5.32 Å². The Balaban J connectivity index is 1.58. The van der Waals surface area contributed by atoms with Gasteiger partial charge in [-0.25, -0.2) is 0 Å². The van der Waals surface area contributed by atoms with Gasteiger partial charge in [0.05, 0.1) is 0 Å². The molecule has 3 aliphatic heterocycles. The molecule has 3 saturated heterocycles. The summed E-state index contributed by atoms with van der Waals surface area (Å²) >= 11 is 0. The lowest BCUT2D eigenvalue weighted by atomic mass is 9.61. The second kappa shape index (κ2) is 6.83. The predicted molar refractivity (Wildman–Crippen MR) is 107 cm³/mol. The van der Waals surface area contributed by atoms with Gasteiger partial charge in [0.2, 0.25) is 0 Å². The third-order valence-electron chi connectivity index (χ3n) is 7.30. The van der Waals surface area contributed by atoms with E-state index in [9.17, 15) is 0 Å². The second-order valence-electron chi connectivity index (χ2n) is 8.66. The van der Waals surface area contributed by atoms with E-state index in [0.29, 0.717) is 23.3 Å². The third-order valence-corrected chi connectivity index (χ3v) is 7.30. The molecule has 26 heavy (non-hydrogen) atoms. The molecule has 4 atom stereocenters. The fraction of sp³-hybridized carbons (Fsp3) is 0.500. The van der Waals surface area contributed by atoms with E-state index in [1.165, 1.54) is 38.8 Å². The lowest BCUT2D eigenvalue weighted by molar-refractivity contribution is 0.0543. The lowest BCUT2D eigenvalue weighted by Gasteiger charge is -2.50. The molecule has 2 nitrogen and oxygen atoms in total. The first-order chi connectivity index (χ1) is 12.9. The van der Waals surface area contributed by atoms with Gasteiger partial charge >= 0.3 is 0 Å². The van der Waals surface area contributed by atoms with Crippen LogP contribution in [0.15, 0.2) is 60.7 Å². The van der Waals surface area contributed by atoms with Crippen molar-refractivity contribution in [1.29, 1.82) is 0 Å². The van der Waals surface area contributed by atoms with Gasteiger partial charge in [-0.05, 0) is 74.2 Å². The Morgan fingerprint density at radius 2 is 1.31 bits per heavy atom. The summed E-state index contributed by atoms with van der Waals surface area (Å²) < 4.78 is 0. The first-order valence-electron chi connectivity index (χ1n) is 10.4. The first-order valence-corrected chi connectivity index (χ1v) is 10.4. The molecule has 2 unspecified atom stereocenters. The Kier molecular flexibility index (Phi) is 4.34. The van der Waals surface area contributed by atoms with Gasteiger partial charge in [0, 0.05) is 12.1 Å². The normalized spacial score (nSPS) is 34.7. The molecule has 0 spiro atoms. The highest BCUT2D eigenvalue weighted by molar-refractivity contribution is 5.31. The van der Waals surface area contributed by atoms with Crippen molar-refractivity contribution >= 4 is 0 Å². The molecule has 0 aromatic heterocycles. The molecule has 1 N–H and O–H groups in total. The molecule has 2 aromatic rings. The van der Waals surface area contributed by atoms with Crippen LogP contribution in [0.3, 0.4) is 0 Å². The van der Waals surface area contributed by atoms with E-state index in [0.717, 1.165) is 13.1 Å². The quantitative estimate of drug-likeness (QED) is 0.886. The number of fused-ring (bicyclic) bond motifs is 4. The zero-order valence-electron chi connectivity index (χ0n) is 15.6. The monoisotopic (exact) mass is 346 g/mol.